The van der Waals surface area contributed by atoms with Gasteiger partial charge in [-0.15, -0.1) is 0 Å². The summed E-state index contributed by atoms with van der Waals surface area (Å²) in [6.45, 7) is 4.82. The number of unbranched alkanes of at least 4 members (excludes halogenated alkanes) is 16. The molecular weight excluding hydrogens is 793 g/mol. The number of carboxylic acid groups (broad SMARTS) is 1. The van der Waals surface area contributed by atoms with Gasteiger partial charge in [0.15, 0.2) is 0 Å². The molecule has 64 heavy (non-hydrogen) atoms. The van der Waals surface area contributed by atoms with Crippen molar-refractivity contribution in [3.05, 3.63) is 97.2 Å². The van der Waals surface area contributed by atoms with Gasteiger partial charge in [0.05, 0.1) is 0 Å². The molecule has 0 spiro atoms. The van der Waals surface area contributed by atoms with Crippen LogP contribution in [0.1, 0.15) is 226 Å². The van der Waals surface area contributed by atoms with E-state index in [9.17, 15) is 19.5 Å². The van der Waals surface area contributed by atoms with Crippen molar-refractivity contribution < 1.29 is 24.2 Å². The molecule has 0 fully saturated rings. The molecule has 7 heteroatoms. The number of nitrogens with one attached hydrogen (secondary N) is 1. The van der Waals surface area contributed by atoms with Crippen LogP contribution in [0.15, 0.2) is 97.2 Å². The zero-order valence-electron chi connectivity index (χ0n) is 41.1. The molecule has 2 unspecified atom stereocenters. The fraction of sp³-hybridized carbons (Fsp3) is 0.667. The number of aliphatic carboxylic acids is 1. The Kier molecular flexibility index (Phi) is 47.4. The maximum atomic E-state index is 12.9. The summed E-state index contributed by atoms with van der Waals surface area (Å²) in [6.07, 6.45) is 68.9. The second-order valence-electron chi connectivity index (χ2n) is 17.2. The molecule has 0 aliphatic carbocycles. The van der Waals surface area contributed by atoms with Crippen molar-refractivity contribution in [3.8, 4) is 0 Å². The fourth-order valence-electron chi connectivity index (χ4n) is 7.25. The van der Waals surface area contributed by atoms with Crippen LogP contribution in [0, 0.1) is 0 Å². The van der Waals surface area contributed by atoms with Crippen molar-refractivity contribution in [1.29, 1.82) is 0 Å². The normalized spacial score (nSPS) is 13.4. The van der Waals surface area contributed by atoms with Gasteiger partial charge in [0.25, 0.3) is 0 Å². The molecule has 0 bridgehead atoms. The smallest absolute Gasteiger partial charge is 0.326 e. The van der Waals surface area contributed by atoms with Crippen LogP contribution in [0.2, 0.25) is 0 Å². The van der Waals surface area contributed by atoms with Gasteiger partial charge in [0.2, 0.25) is 5.91 Å². The molecular formula is C57H96N2O5. The van der Waals surface area contributed by atoms with Gasteiger partial charge in [0.1, 0.15) is 12.1 Å². The molecule has 2 atom stereocenters. The average Bonchev–Trinajstić information content (AvgIpc) is 3.28. The van der Waals surface area contributed by atoms with Crippen LogP contribution in [-0.2, 0) is 19.1 Å². The number of allylic oxidation sites excluding steroid dienone is 16. The van der Waals surface area contributed by atoms with E-state index in [0.717, 1.165) is 148 Å². The Morgan fingerprint density at radius 2 is 0.859 bits per heavy atom. The molecule has 0 saturated heterocycles. The monoisotopic (exact) mass is 889 g/mol. The molecule has 4 N–H and O–H groups in total. The van der Waals surface area contributed by atoms with Gasteiger partial charge in [-0.25, -0.2) is 4.79 Å². The van der Waals surface area contributed by atoms with Crippen LogP contribution in [-0.4, -0.2) is 41.6 Å². The van der Waals surface area contributed by atoms with Crippen LogP contribution >= 0.6 is 0 Å². The number of carboxylic acids is 1. The molecule has 1 amide bonds. The van der Waals surface area contributed by atoms with Crippen LogP contribution in [0.25, 0.3) is 0 Å². The predicted octanol–water partition coefficient (Wildman–Crippen LogP) is 15.8. The predicted molar refractivity (Wildman–Crippen MR) is 275 cm³/mol. The summed E-state index contributed by atoms with van der Waals surface area (Å²) < 4.78 is 6.06. The van der Waals surface area contributed by atoms with E-state index < -0.39 is 12.0 Å². The van der Waals surface area contributed by atoms with Crippen LogP contribution < -0.4 is 11.1 Å². The third kappa shape index (κ3) is 46.3. The first-order chi connectivity index (χ1) is 31.4. The van der Waals surface area contributed by atoms with Crippen LogP contribution in [0.4, 0.5) is 0 Å². The lowest BCUT2D eigenvalue weighted by Gasteiger charge is -2.18. The summed E-state index contributed by atoms with van der Waals surface area (Å²) in [5, 5.41) is 12.0. The quantitative estimate of drug-likeness (QED) is 0.0318. The maximum Gasteiger partial charge on any atom is 0.326 e. The number of nitrogens with two attached hydrogens (primary N) is 1. The highest BCUT2D eigenvalue weighted by atomic mass is 16.5. The molecule has 0 saturated carbocycles. The van der Waals surface area contributed by atoms with Gasteiger partial charge in [-0.2, -0.15) is 0 Å². The minimum Gasteiger partial charge on any atom is -0.480 e. The number of rotatable bonds is 46. The lowest BCUT2D eigenvalue weighted by atomic mass is 10.0. The van der Waals surface area contributed by atoms with Crippen molar-refractivity contribution in [1.82, 2.24) is 5.32 Å². The second-order valence-corrected chi connectivity index (χ2v) is 17.2. The van der Waals surface area contributed by atoms with E-state index in [2.05, 4.69) is 116 Å². The molecule has 7 nitrogen and oxygen atoms in total. The van der Waals surface area contributed by atoms with Gasteiger partial charge in [-0.3, -0.25) is 9.59 Å². The number of carbonyl (C=O) groups excluding carboxylic acids is 2. The molecule has 0 aromatic carbocycles. The molecule has 0 aliphatic rings. The molecule has 0 radical (unpaired) electrons. The largest absolute Gasteiger partial charge is 0.480 e. The Labute approximate surface area is 393 Å². The van der Waals surface area contributed by atoms with E-state index in [1.807, 2.05) is 0 Å². The van der Waals surface area contributed by atoms with Crippen molar-refractivity contribution in [3.63, 3.8) is 0 Å². The highest BCUT2D eigenvalue weighted by molar-refractivity contribution is 5.83. The summed E-state index contributed by atoms with van der Waals surface area (Å²) in [6, 6.07) is -0.867. The van der Waals surface area contributed by atoms with Gasteiger partial charge in [0, 0.05) is 12.8 Å². The van der Waals surface area contributed by atoms with Gasteiger partial charge >= 0.3 is 11.9 Å². The average molecular weight is 889 g/mol. The van der Waals surface area contributed by atoms with Crippen molar-refractivity contribution in [2.75, 3.05) is 6.54 Å². The van der Waals surface area contributed by atoms with E-state index in [0.29, 0.717) is 32.2 Å². The number of amides is 1. The zero-order valence-corrected chi connectivity index (χ0v) is 41.1. The first-order valence-electron chi connectivity index (χ1n) is 26.1. The Bertz CT molecular complexity index is 1320. The molecule has 0 heterocycles. The van der Waals surface area contributed by atoms with E-state index in [1.165, 1.54) is 38.5 Å². The second kappa shape index (κ2) is 50.3. The van der Waals surface area contributed by atoms with Gasteiger partial charge in [-0.1, -0.05) is 175 Å². The molecule has 0 aromatic rings. The summed E-state index contributed by atoms with van der Waals surface area (Å²) in [7, 11) is 0. The standard InChI is InChI=1S/C57H96N2O5/c1-3-5-7-9-11-13-15-17-19-20-21-22-23-24-25-26-28-30-32-34-36-41-45-51-56(61)64-53(47-42-38-35-33-31-29-27-18-16-14-12-10-8-6-4-2)48-43-39-37-40-44-50-55(60)59-54(57(62)63)49-46-52-58/h5,7,11,13,16-19,21-22,24-25,28-31,53-54H,3-4,6,8-10,12,14-15,20,23,26-27,32-52,58H2,1-2H3,(H,59,60)(H,62,63)/b7-5-,13-11-,18-16-,19-17-,22-21-,25-24-,30-28-,31-29-. The molecule has 0 aromatic heterocycles. The minimum absolute atomic E-state index is 0.0319. The summed E-state index contributed by atoms with van der Waals surface area (Å²) in [5.41, 5.74) is 5.50. The Morgan fingerprint density at radius 3 is 1.31 bits per heavy atom. The number of ether oxygens (including phenoxy) is 1. The SMILES string of the molecule is CC/C=C\C/C=C\C/C=C\C/C=C\C/C=C\C/C=C\CCCCCCC(=O)OC(CCCCC/C=C\C/C=C\CCCCCCC)CCCCCCCC(=O)NC(CCCN)C(=O)O. The summed E-state index contributed by atoms with van der Waals surface area (Å²) in [5.74, 6) is -1.28. The third-order valence-electron chi connectivity index (χ3n) is 11.1. The van der Waals surface area contributed by atoms with E-state index in [4.69, 9.17) is 10.5 Å². The van der Waals surface area contributed by atoms with Crippen LogP contribution in [0.3, 0.4) is 0 Å². The number of carbonyl (C=O) groups is 3. The topological polar surface area (TPSA) is 119 Å². The minimum atomic E-state index is -1.01. The fourth-order valence-corrected chi connectivity index (χ4v) is 7.25. The third-order valence-corrected chi connectivity index (χ3v) is 11.1. The first kappa shape index (κ1) is 60.3. The summed E-state index contributed by atoms with van der Waals surface area (Å²) >= 11 is 0. The lowest BCUT2D eigenvalue weighted by molar-refractivity contribution is -0.150. The molecule has 0 rings (SSSR count). The zero-order chi connectivity index (χ0) is 46.7. The Hall–Kier alpha value is -3.71. The Morgan fingerprint density at radius 1 is 0.469 bits per heavy atom. The van der Waals surface area contributed by atoms with Crippen molar-refractivity contribution in [2.24, 2.45) is 5.73 Å². The van der Waals surface area contributed by atoms with E-state index in [-0.39, 0.29) is 18.0 Å². The van der Waals surface area contributed by atoms with Gasteiger partial charge in [-0.05, 0) is 141 Å². The molecule has 364 valence electrons. The van der Waals surface area contributed by atoms with Crippen molar-refractivity contribution >= 4 is 17.8 Å². The highest BCUT2D eigenvalue weighted by Crippen LogP contribution is 2.18. The number of esters is 1. The highest BCUT2D eigenvalue weighted by Gasteiger charge is 2.19. The van der Waals surface area contributed by atoms with Gasteiger partial charge < -0.3 is 20.9 Å². The first-order valence-corrected chi connectivity index (χ1v) is 26.1. The number of hydrogen-bond acceptors (Lipinski definition) is 5. The van der Waals surface area contributed by atoms with Crippen molar-refractivity contribution in [2.45, 2.75) is 238 Å². The van der Waals surface area contributed by atoms with Crippen LogP contribution in [0.5, 0.6) is 0 Å². The number of hydrogen-bond donors (Lipinski definition) is 3. The van der Waals surface area contributed by atoms with E-state index >= 15 is 0 Å². The summed E-state index contributed by atoms with van der Waals surface area (Å²) in [4.78, 5) is 36.6. The maximum absolute atomic E-state index is 12.9. The molecule has 0 aliphatic heterocycles. The Balaban J connectivity index is 4.41. The lowest BCUT2D eigenvalue weighted by Crippen LogP contribution is -2.40. The van der Waals surface area contributed by atoms with E-state index in [1.54, 1.807) is 0 Å².